The van der Waals surface area contributed by atoms with Gasteiger partial charge in [0.2, 0.25) is 13.1 Å². The van der Waals surface area contributed by atoms with Crippen LogP contribution in [0.2, 0.25) is 0 Å². The minimum Gasteiger partial charge on any atom is -0.459 e. The van der Waals surface area contributed by atoms with Gasteiger partial charge in [0.15, 0.2) is 17.3 Å². The highest BCUT2D eigenvalue weighted by atomic mass is 16.7. The van der Waals surface area contributed by atoms with E-state index in [1.54, 1.807) is 6.08 Å². The maximum absolute atomic E-state index is 12.9. The zero-order valence-electron chi connectivity index (χ0n) is 20.0. The van der Waals surface area contributed by atoms with Crippen molar-refractivity contribution in [3.05, 3.63) is 64.0 Å². The number of carbonyl (C=O) groups is 1. The van der Waals surface area contributed by atoms with Crippen molar-refractivity contribution in [1.29, 1.82) is 0 Å². The van der Waals surface area contributed by atoms with Gasteiger partial charge in [0.25, 0.3) is 11.6 Å². The lowest BCUT2D eigenvalue weighted by Crippen LogP contribution is -2.35. The fourth-order valence-electron chi connectivity index (χ4n) is 3.75. The van der Waals surface area contributed by atoms with Crippen molar-refractivity contribution in [2.24, 2.45) is 0 Å². The third-order valence-corrected chi connectivity index (χ3v) is 5.55. The summed E-state index contributed by atoms with van der Waals surface area (Å²) in [4.78, 5) is 27.1. The Balaban J connectivity index is 1.35. The number of hydrogen-bond donors (Lipinski definition) is 3. The molecule has 1 aromatic carbocycles. The number of amides is 1. The van der Waals surface area contributed by atoms with Gasteiger partial charge in [-0.05, 0) is 29.8 Å². The van der Waals surface area contributed by atoms with E-state index in [1.807, 2.05) is 18.2 Å². The maximum atomic E-state index is 12.9. The normalized spacial score (nSPS) is 18.0. The number of anilines is 1. The van der Waals surface area contributed by atoms with Crippen LogP contribution in [0.25, 0.3) is 0 Å². The summed E-state index contributed by atoms with van der Waals surface area (Å²) in [5.41, 5.74) is 0.822. The summed E-state index contributed by atoms with van der Waals surface area (Å²) >= 11 is 0. The topological polar surface area (TPSA) is 164 Å². The summed E-state index contributed by atoms with van der Waals surface area (Å²) < 4.78 is 27.7. The molecule has 1 aromatic heterocycles. The molecule has 0 fully saturated rings. The smallest absolute Gasteiger partial charge is 0.287 e. The highest BCUT2D eigenvalue weighted by Crippen LogP contribution is 2.38. The van der Waals surface area contributed by atoms with Gasteiger partial charge in [-0.2, -0.15) is 0 Å². The fourth-order valence-corrected chi connectivity index (χ4v) is 3.75. The van der Waals surface area contributed by atoms with E-state index >= 15 is 0 Å². The van der Waals surface area contributed by atoms with Gasteiger partial charge in [-0.3, -0.25) is 14.9 Å². The third kappa shape index (κ3) is 7.29. The summed E-state index contributed by atoms with van der Waals surface area (Å²) in [6, 6.07) is 8.47. The van der Waals surface area contributed by atoms with Crippen molar-refractivity contribution >= 4 is 17.4 Å². The van der Waals surface area contributed by atoms with E-state index in [2.05, 4.69) is 15.6 Å². The van der Waals surface area contributed by atoms with Crippen LogP contribution in [0.15, 0.2) is 48.4 Å². The Hall–Kier alpha value is -3.94. The second kappa shape index (κ2) is 12.9. The Kier molecular flexibility index (Phi) is 9.08. The van der Waals surface area contributed by atoms with Gasteiger partial charge >= 0.3 is 0 Å². The summed E-state index contributed by atoms with van der Waals surface area (Å²) in [6.45, 7) is 1.42. The van der Waals surface area contributed by atoms with Gasteiger partial charge in [-0.15, -0.1) is 0 Å². The van der Waals surface area contributed by atoms with Crippen molar-refractivity contribution in [3.63, 3.8) is 0 Å². The molecule has 4 rings (SSSR count). The first-order chi connectivity index (χ1) is 18.0. The lowest BCUT2D eigenvalue weighted by molar-refractivity contribution is -0.385. The molecule has 3 heterocycles. The third-order valence-electron chi connectivity index (χ3n) is 5.55. The molecule has 2 aliphatic heterocycles. The van der Waals surface area contributed by atoms with Crippen LogP contribution in [-0.4, -0.2) is 73.5 Å². The molecule has 198 valence electrons. The molecule has 1 amide bonds. The number of carbonyl (C=O) groups excluding carboxylic acids is 1. The summed E-state index contributed by atoms with van der Waals surface area (Å²) in [7, 11) is 0. The zero-order chi connectivity index (χ0) is 26.0. The van der Waals surface area contributed by atoms with E-state index < -0.39 is 17.1 Å². The number of ether oxygens (including phenoxy) is 5. The highest BCUT2D eigenvalue weighted by molar-refractivity contribution is 5.91. The standard InChI is InChI=1S/C24H28N4O9/c29-7-8-33-9-10-34-23-13-17(16-1-3-19-20(11-16)36-15-35-19)12-21(37-23)24(30)26-6-5-25-22-4-2-18(14-27-22)28(31)32/h1-4,11-12,14,17,23,29H,5-10,13,15H2,(H,25,27)(H,26,30). The van der Waals surface area contributed by atoms with Crippen LogP contribution in [0.4, 0.5) is 11.5 Å². The zero-order valence-corrected chi connectivity index (χ0v) is 20.0. The molecule has 0 spiro atoms. The molecule has 0 saturated heterocycles. The molecular formula is C24H28N4O9. The second-order valence-electron chi connectivity index (χ2n) is 8.08. The molecule has 2 unspecified atom stereocenters. The largest absolute Gasteiger partial charge is 0.459 e. The lowest BCUT2D eigenvalue weighted by atomic mass is 9.92. The number of aliphatic hydroxyl groups excluding tert-OH is 1. The van der Waals surface area contributed by atoms with Crippen molar-refractivity contribution in [2.45, 2.75) is 18.6 Å². The number of hydrogen-bond acceptors (Lipinski definition) is 11. The van der Waals surface area contributed by atoms with Crippen LogP contribution in [0.3, 0.4) is 0 Å². The van der Waals surface area contributed by atoms with Crippen LogP contribution < -0.4 is 20.1 Å². The summed E-state index contributed by atoms with van der Waals surface area (Å²) in [6.07, 6.45) is 2.71. The minimum atomic E-state index is -0.679. The minimum absolute atomic E-state index is 0.0751. The summed E-state index contributed by atoms with van der Waals surface area (Å²) in [5, 5.41) is 25.3. The lowest BCUT2D eigenvalue weighted by Gasteiger charge is -2.29. The average Bonchev–Trinajstić information content (AvgIpc) is 3.39. The van der Waals surface area contributed by atoms with E-state index in [4.69, 9.17) is 28.8 Å². The molecule has 0 radical (unpaired) electrons. The molecule has 37 heavy (non-hydrogen) atoms. The Morgan fingerprint density at radius 1 is 1.16 bits per heavy atom. The van der Waals surface area contributed by atoms with Crippen LogP contribution in [0, 0.1) is 10.1 Å². The Bertz CT molecular complexity index is 1110. The molecule has 0 aliphatic carbocycles. The number of nitro groups is 1. The monoisotopic (exact) mass is 516 g/mol. The quantitative estimate of drug-likeness (QED) is 0.202. The first kappa shape index (κ1) is 26.1. The summed E-state index contributed by atoms with van der Waals surface area (Å²) in [5.74, 6) is 1.31. The predicted octanol–water partition coefficient (Wildman–Crippen LogP) is 1.69. The molecule has 3 N–H and O–H groups in total. The van der Waals surface area contributed by atoms with Crippen LogP contribution in [0.1, 0.15) is 17.9 Å². The van der Waals surface area contributed by atoms with Gasteiger partial charge in [0.05, 0.1) is 31.4 Å². The predicted molar refractivity (Wildman–Crippen MR) is 129 cm³/mol. The average molecular weight is 517 g/mol. The number of aliphatic hydroxyl groups is 1. The first-order valence-corrected chi connectivity index (χ1v) is 11.7. The number of rotatable bonds is 13. The van der Waals surface area contributed by atoms with Gasteiger partial charge in [-0.25, -0.2) is 4.98 Å². The molecule has 13 nitrogen and oxygen atoms in total. The number of nitrogens with zero attached hydrogens (tertiary/aromatic N) is 2. The Morgan fingerprint density at radius 2 is 2.03 bits per heavy atom. The number of allylic oxidation sites excluding steroid dienone is 1. The van der Waals surface area contributed by atoms with Crippen molar-refractivity contribution in [1.82, 2.24) is 10.3 Å². The van der Waals surface area contributed by atoms with E-state index in [0.29, 0.717) is 30.3 Å². The van der Waals surface area contributed by atoms with Crippen molar-refractivity contribution in [2.75, 3.05) is 51.6 Å². The van der Waals surface area contributed by atoms with E-state index in [9.17, 15) is 14.9 Å². The van der Waals surface area contributed by atoms with Gasteiger partial charge in [0, 0.05) is 31.5 Å². The molecule has 2 atom stereocenters. The SMILES string of the molecule is O=C(NCCNc1ccc([N+](=O)[O-])cn1)C1=CC(c2ccc3c(c2)OCO3)CC(OCCOCCO)O1. The molecule has 0 bridgehead atoms. The molecule has 2 aromatic rings. The fraction of sp³-hybridized carbons (Fsp3) is 0.417. The number of fused-ring (bicyclic) bond motifs is 1. The van der Waals surface area contributed by atoms with Crippen LogP contribution in [-0.2, 0) is 19.0 Å². The van der Waals surface area contributed by atoms with Gasteiger partial charge in [-0.1, -0.05) is 6.07 Å². The molecule has 2 aliphatic rings. The first-order valence-electron chi connectivity index (χ1n) is 11.7. The molecule has 0 saturated carbocycles. The van der Waals surface area contributed by atoms with Crippen LogP contribution >= 0.6 is 0 Å². The van der Waals surface area contributed by atoms with E-state index in [-0.39, 0.29) is 57.1 Å². The van der Waals surface area contributed by atoms with Crippen LogP contribution in [0.5, 0.6) is 11.5 Å². The Morgan fingerprint density at radius 3 is 2.81 bits per heavy atom. The molecular weight excluding hydrogens is 488 g/mol. The van der Waals surface area contributed by atoms with E-state index in [0.717, 1.165) is 11.8 Å². The highest BCUT2D eigenvalue weighted by Gasteiger charge is 2.29. The number of nitrogens with one attached hydrogen (secondary N) is 2. The van der Waals surface area contributed by atoms with Gasteiger partial charge < -0.3 is 39.4 Å². The number of pyridine rings is 1. The van der Waals surface area contributed by atoms with Crippen molar-refractivity contribution in [3.8, 4) is 11.5 Å². The maximum Gasteiger partial charge on any atom is 0.287 e. The molecule has 13 heteroatoms. The Labute approximate surface area is 212 Å². The van der Waals surface area contributed by atoms with Crippen molar-refractivity contribution < 1.29 is 38.5 Å². The number of benzene rings is 1. The van der Waals surface area contributed by atoms with Gasteiger partial charge in [0.1, 0.15) is 12.0 Å². The number of aromatic nitrogens is 1. The second-order valence-corrected chi connectivity index (χ2v) is 8.08. The van der Waals surface area contributed by atoms with E-state index in [1.165, 1.54) is 12.1 Å².